The van der Waals surface area contributed by atoms with E-state index in [1.54, 1.807) is 17.8 Å². The first-order valence-electron chi connectivity index (χ1n) is 5.89. The van der Waals surface area contributed by atoms with Crippen LogP contribution in [-0.2, 0) is 0 Å². The SMILES string of the molecule is CCC(C)SCC(O)COc1cccc(N)c1. The van der Waals surface area contributed by atoms with Crippen LogP contribution in [0.2, 0.25) is 0 Å². The molecule has 0 saturated heterocycles. The van der Waals surface area contributed by atoms with Crippen LogP contribution in [0.5, 0.6) is 5.75 Å². The normalized spacial score (nSPS) is 14.3. The van der Waals surface area contributed by atoms with Crippen LogP contribution in [0.25, 0.3) is 0 Å². The van der Waals surface area contributed by atoms with E-state index in [-0.39, 0.29) is 0 Å². The van der Waals surface area contributed by atoms with Crippen molar-refractivity contribution in [3.63, 3.8) is 0 Å². The molecule has 2 atom stereocenters. The maximum atomic E-state index is 9.75. The second-order valence-electron chi connectivity index (χ2n) is 4.09. The van der Waals surface area contributed by atoms with E-state index >= 15 is 0 Å². The lowest BCUT2D eigenvalue weighted by atomic mass is 10.3. The van der Waals surface area contributed by atoms with Crippen LogP contribution in [0.1, 0.15) is 20.3 Å². The van der Waals surface area contributed by atoms with E-state index in [0.717, 1.165) is 6.42 Å². The predicted molar refractivity (Wildman–Crippen MR) is 74.6 cm³/mol. The molecule has 0 aliphatic carbocycles. The van der Waals surface area contributed by atoms with Crippen LogP contribution >= 0.6 is 11.8 Å². The molecule has 3 N–H and O–H groups in total. The lowest BCUT2D eigenvalue weighted by molar-refractivity contribution is 0.126. The Balaban J connectivity index is 2.26. The Morgan fingerprint density at radius 1 is 1.47 bits per heavy atom. The van der Waals surface area contributed by atoms with Crippen molar-refractivity contribution >= 4 is 17.4 Å². The molecule has 0 aromatic heterocycles. The third kappa shape index (κ3) is 5.84. The molecule has 3 nitrogen and oxygen atoms in total. The van der Waals surface area contributed by atoms with E-state index in [4.69, 9.17) is 10.5 Å². The summed E-state index contributed by atoms with van der Waals surface area (Å²) in [7, 11) is 0. The van der Waals surface area contributed by atoms with Crippen molar-refractivity contribution in [2.75, 3.05) is 18.1 Å². The molecule has 4 heteroatoms. The van der Waals surface area contributed by atoms with Crippen molar-refractivity contribution in [2.24, 2.45) is 0 Å². The minimum atomic E-state index is -0.435. The van der Waals surface area contributed by atoms with Crippen LogP contribution in [0.4, 0.5) is 5.69 Å². The molecule has 96 valence electrons. The van der Waals surface area contributed by atoms with Gasteiger partial charge in [0, 0.05) is 22.8 Å². The topological polar surface area (TPSA) is 55.5 Å². The average molecular weight is 255 g/mol. The number of aliphatic hydroxyl groups is 1. The van der Waals surface area contributed by atoms with Gasteiger partial charge in [0.15, 0.2) is 0 Å². The van der Waals surface area contributed by atoms with E-state index in [0.29, 0.717) is 29.0 Å². The molecule has 0 radical (unpaired) electrons. The standard InChI is InChI=1S/C13H21NO2S/c1-3-10(2)17-9-12(15)8-16-13-6-4-5-11(14)7-13/h4-7,10,12,15H,3,8-9,14H2,1-2H3. The first-order chi connectivity index (χ1) is 8.11. The van der Waals surface area contributed by atoms with Gasteiger partial charge >= 0.3 is 0 Å². The molecular weight excluding hydrogens is 234 g/mol. The number of hydrogen-bond donors (Lipinski definition) is 2. The quantitative estimate of drug-likeness (QED) is 0.735. The van der Waals surface area contributed by atoms with Crippen LogP contribution in [-0.4, -0.2) is 28.8 Å². The van der Waals surface area contributed by atoms with Gasteiger partial charge in [0.2, 0.25) is 0 Å². The minimum absolute atomic E-state index is 0.312. The van der Waals surface area contributed by atoms with Crippen molar-refractivity contribution in [3.8, 4) is 5.75 Å². The van der Waals surface area contributed by atoms with Gasteiger partial charge in [-0.1, -0.05) is 19.9 Å². The first kappa shape index (κ1) is 14.2. The highest BCUT2D eigenvalue weighted by molar-refractivity contribution is 7.99. The van der Waals surface area contributed by atoms with Crippen molar-refractivity contribution in [3.05, 3.63) is 24.3 Å². The van der Waals surface area contributed by atoms with E-state index in [2.05, 4.69) is 13.8 Å². The van der Waals surface area contributed by atoms with Crippen molar-refractivity contribution in [1.29, 1.82) is 0 Å². The van der Waals surface area contributed by atoms with Gasteiger partial charge < -0.3 is 15.6 Å². The maximum Gasteiger partial charge on any atom is 0.121 e. The van der Waals surface area contributed by atoms with Gasteiger partial charge in [0.1, 0.15) is 12.4 Å². The smallest absolute Gasteiger partial charge is 0.121 e. The van der Waals surface area contributed by atoms with Crippen LogP contribution in [0, 0.1) is 0 Å². The van der Waals surface area contributed by atoms with Crippen LogP contribution in [0.3, 0.4) is 0 Å². The van der Waals surface area contributed by atoms with E-state index in [9.17, 15) is 5.11 Å². The second kappa shape index (κ2) is 7.45. The fraction of sp³-hybridized carbons (Fsp3) is 0.538. The highest BCUT2D eigenvalue weighted by atomic mass is 32.2. The molecule has 0 heterocycles. The summed E-state index contributed by atoms with van der Waals surface area (Å²) in [4.78, 5) is 0. The molecule has 0 spiro atoms. The number of nitrogens with two attached hydrogens (primary N) is 1. The summed E-state index contributed by atoms with van der Waals surface area (Å²) < 4.78 is 5.47. The first-order valence-corrected chi connectivity index (χ1v) is 6.94. The molecule has 0 aliphatic rings. The molecule has 1 rings (SSSR count). The molecule has 1 aromatic carbocycles. The molecule has 0 aliphatic heterocycles. The summed E-state index contributed by atoms with van der Waals surface area (Å²) in [6.07, 6.45) is 0.684. The number of thioether (sulfide) groups is 1. The number of nitrogen functional groups attached to an aromatic ring is 1. The van der Waals surface area contributed by atoms with Crippen molar-refractivity contribution in [1.82, 2.24) is 0 Å². The average Bonchev–Trinajstić information content (AvgIpc) is 2.33. The lowest BCUT2D eigenvalue weighted by Crippen LogP contribution is -2.21. The lowest BCUT2D eigenvalue weighted by Gasteiger charge is -2.14. The molecule has 17 heavy (non-hydrogen) atoms. The Hall–Kier alpha value is -0.870. The number of rotatable bonds is 7. The molecule has 0 bridgehead atoms. The monoisotopic (exact) mass is 255 g/mol. The van der Waals surface area contributed by atoms with Gasteiger partial charge in [-0.2, -0.15) is 11.8 Å². The number of hydrogen-bond acceptors (Lipinski definition) is 4. The molecule has 2 unspecified atom stereocenters. The predicted octanol–water partition coefficient (Wildman–Crippen LogP) is 2.54. The molecule has 1 aromatic rings. The minimum Gasteiger partial charge on any atom is -0.491 e. The summed E-state index contributed by atoms with van der Waals surface area (Å²) in [5.41, 5.74) is 6.31. The highest BCUT2D eigenvalue weighted by Gasteiger charge is 2.08. The van der Waals surface area contributed by atoms with Gasteiger partial charge in [-0.05, 0) is 18.6 Å². The van der Waals surface area contributed by atoms with Gasteiger partial charge in [-0.3, -0.25) is 0 Å². The number of benzene rings is 1. The van der Waals surface area contributed by atoms with Gasteiger partial charge in [0.25, 0.3) is 0 Å². The maximum absolute atomic E-state index is 9.75. The van der Waals surface area contributed by atoms with E-state index in [1.807, 2.05) is 18.2 Å². The number of anilines is 1. The Morgan fingerprint density at radius 3 is 2.88 bits per heavy atom. The number of aliphatic hydroxyl groups excluding tert-OH is 1. The Morgan fingerprint density at radius 2 is 2.24 bits per heavy atom. The largest absolute Gasteiger partial charge is 0.491 e. The fourth-order valence-corrected chi connectivity index (χ4v) is 2.12. The molecule has 0 fully saturated rings. The summed E-state index contributed by atoms with van der Waals surface area (Å²) in [5, 5.41) is 10.3. The molecular formula is C13H21NO2S. The summed E-state index contributed by atoms with van der Waals surface area (Å²) in [6.45, 7) is 4.62. The Bertz CT molecular complexity index is 333. The second-order valence-corrected chi connectivity index (χ2v) is 5.56. The van der Waals surface area contributed by atoms with E-state index in [1.165, 1.54) is 0 Å². The van der Waals surface area contributed by atoms with Crippen LogP contribution in [0.15, 0.2) is 24.3 Å². The third-order valence-corrected chi connectivity index (χ3v) is 3.93. The van der Waals surface area contributed by atoms with Crippen LogP contribution < -0.4 is 10.5 Å². The Labute approximate surface area is 107 Å². The molecule has 0 saturated carbocycles. The zero-order chi connectivity index (χ0) is 12.7. The summed E-state index contributed by atoms with van der Waals surface area (Å²) >= 11 is 1.77. The number of ether oxygens (including phenoxy) is 1. The highest BCUT2D eigenvalue weighted by Crippen LogP contribution is 2.17. The fourth-order valence-electron chi connectivity index (χ4n) is 1.24. The Kier molecular flexibility index (Phi) is 6.22. The zero-order valence-corrected chi connectivity index (χ0v) is 11.2. The van der Waals surface area contributed by atoms with E-state index < -0.39 is 6.10 Å². The third-order valence-electron chi connectivity index (χ3n) is 2.45. The van der Waals surface area contributed by atoms with Gasteiger partial charge in [0.05, 0.1) is 6.10 Å². The van der Waals surface area contributed by atoms with Crippen molar-refractivity contribution in [2.45, 2.75) is 31.6 Å². The zero-order valence-electron chi connectivity index (χ0n) is 10.4. The van der Waals surface area contributed by atoms with Gasteiger partial charge in [-0.15, -0.1) is 0 Å². The summed E-state index contributed by atoms with van der Waals surface area (Å²) in [5.74, 6) is 1.41. The molecule has 0 amide bonds. The summed E-state index contributed by atoms with van der Waals surface area (Å²) in [6, 6.07) is 7.24. The van der Waals surface area contributed by atoms with Gasteiger partial charge in [-0.25, -0.2) is 0 Å². The van der Waals surface area contributed by atoms with Crippen molar-refractivity contribution < 1.29 is 9.84 Å².